The second kappa shape index (κ2) is 5.64. The number of hydrogen-bond donors (Lipinski definition) is 1. The molecule has 0 aliphatic heterocycles. The van der Waals surface area contributed by atoms with Crippen molar-refractivity contribution in [1.82, 2.24) is 19.6 Å². The maximum atomic E-state index is 11.8. The van der Waals surface area contributed by atoms with Gasteiger partial charge in [-0.2, -0.15) is 0 Å². The molecular formula is C17H15N5O. The summed E-state index contributed by atoms with van der Waals surface area (Å²) in [6.07, 6.45) is 7.53. The summed E-state index contributed by atoms with van der Waals surface area (Å²) in [6, 6.07) is 10.0. The third kappa shape index (κ3) is 2.48. The molecule has 3 aromatic rings. The maximum Gasteiger partial charge on any atom is 0.366 e. The van der Waals surface area contributed by atoms with Gasteiger partial charge in [0.15, 0.2) is 5.82 Å². The van der Waals surface area contributed by atoms with E-state index in [0.717, 1.165) is 36.1 Å². The first kappa shape index (κ1) is 13.6. The van der Waals surface area contributed by atoms with Crippen molar-refractivity contribution in [3.05, 3.63) is 70.7 Å². The molecule has 0 bridgehead atoms. The van der Waals surface area contributed by atoms with Crippen LogP contribution >= 0.6 is 0 Å². The van der Waals surface area contributed by atoms with Crippen LogP contribution in [0.4, 0.5) is 5.82 Å². The Morgan fingerprint density at radius 2 is 1.96 bits per heavy atom. The molecule has 0 spiro atoms. The molecule has 114 valence electrons. The molecule has 2 aromatic heterocycles. The number of aromatic nitrogens is 4. The van der Waals surface area contributed by atoms with Gasteiger partial charge in [0.25, 0.3) is 0 Å². The van der Waals surface area contributed by atoms with Crippen molar-refractivity contribution in [3.63, 3.8) is 0 Å². The molecule has 0 saturated heterocycles. The zero-order valence-corrected chi connectivity index (χ0v) is 12.4. The van der Waals surface area contributed by atoms with Crippen molar-refractivity contribution in [2.45, 2.75) is 19.3 Å². The molecular weight excluding hydrogens is 290 g/mol. The van der Waals surface area contributed by atoms with Gasteiger partial charge < -0.3 is 0 Å². The Morgan fingerprint density at radius 1 is 1.04 bits per heavy atom. The average Bonchev–Trinajstić information content (AvgIpc) is 2.77. The van der Waals surface area contributed by atoms with Crippen LogP contribution in [0.25, 0.3) is 11.3 Å². The lowest BCUT2D eigenvalue weighted by atomic mass is 10.0. The summed E-state index contributed by atoms with van der Waals surface area (Å²) in [5.74, 6) is 0.654. The van der Waals surface area contributed by atoms with E-state index in [1.807, 2.05) is 6.07 Å². The fourth-order valence-corrected chi connectivity index (χ4v) is 2.96. The van der Waals surface area contributed by atoms with Crippen LogP contribution in [-0.4, -0.2) is 19.6 Å². The van der Waals surface area contributed by atoms with Crippen molar-refractivity contribution in [1.29, 1.82) is 0 Å². The van der Waals surface area contributed by atoms with Gasteiger partial charge in [-0.25, -0.2) is 24.4 Å². The van der Waals surface area contributed by atoms with Crippen LogP contribution < -0.4 is 11.1 Å². The number of aryl methyl sites for hydroxylation is 1. The predicted octanol–water partition coefficient (Wildman–Crippen LogP) is 2.06. The van der Waals surface area contributed by atoms with Gasteiger partial charge in [-0.1, -0.05) is 24.3 Å². The smallest absolute Gasteiger partial charge is 0.273 e. The first-order chi connectivity index (χ1) is 11.3. The van der Waals surface area contributed by atoms with Crippen molar-refractivity contribution >= 4 is 5.82 Å². The highest BCUT2D eigenvalue weighted by Gasteiger charge is 2.19. The molecule has 6 nitrogen and oxygen atoms in total. The lowest BCUT2D eigenvalue weighted by Gasteiger charge is -2.14. The molecule has 1 N–H and O–H groups in total. The van der Waals surface area contributed by atoms with E-state index in [2.05, 4.69) is 38.6 Å². The van der Waals surface area contributed by atoms with Crippen LogP contribution in [0, 0.1) is 0 Å². The Bertz CT molecular complexity index is 919. The lowest BCUT2D eigenvalue weighted by molar-refractivity contribution is 0.804. The number of benzene rings is 1. The van der Waals surface area contributed by atoms with Crippen LogP contribution in [0.1, 0.15) is 17.5 Å². The van der Waals surface area contributed by atoms with Crippen LogP contribution in [0.15, 0.2) is 53.8 Å². The fraction of sp³-hybridized carbons (Fsp3) is 0.176. The van der Waals surface area contributed by atoms with Crippen molar-refractivity contribution in [2.24, 2.45) is 0 Å². The molecule has 2 heterocycles. The second-order valence-corrected chi connectivity index (χ2v) is 5.44. The topological polar surface area (TPSA) is 72.7 Å². The normalized spacial score (nSPS) is 12.9. The highest BCUT2D eigenvalue weighted by molar-refractivity contribution is 5.72. The van der Waals surface area contributed by atoms with E-state index in [0.29, 0.717) is 5.82 Å². The Labute approximate surface area is 132 Å². The van der Waals surface area contributed by atoms with Crippen molar-refractivity contribution < 1.29 is 0 Å². The third-order valence-corrected chi connectivity index (χ3v) is 4.03. The summed E-state index contributed by atoms with van der Waals surface area (Å²) in [5.41, 5.74) is 7.10. The molecule has 4 rings (SSSR count). The summed E-state index contributed by atoms with van der Waals surface area (Å²) >= 11 is 0. The van der Waals surface area contributed by atoms with Gasteiger partial charge in [-0.3, -0.25) is 5.43 Å². The molecule has 1 aliphatic rings. The number of nitrogens with one attached hydrogen (secondary N) is 1. The first-order valence-corrected chi connectivity index (χ1v) is 7.56. The zero-order valence-electron chi connectivity index (χ0n) is 12.4. The van der Waals surface area contributed by atoms with Gasteiger partial charge in [-0.15, -0.1) is 0 Å². The monoisotopic (exact) mass is 305 g/mol. The molecule has 0 radical (unpaired) electrons. The van der Waals surface area contributed by atoms with Crippen LogP contribution in [0.2, 0.25) is 0 Å². The van der Waals surface area contributed by atoms with E-state index >= 15 is 0 Å². The highest BCUT2D eigenvalue weighted by Crippen LogP contribution is 2.33. The molecule has 0 atom stereocenters. The number of rotatable bonds is 2. The van der Waals surface area contributed by atoms with E-state index in [1.54, 1.807) is 12.3 Å². The molecule has 6 heteroatoms. The standard InChI is InChI=1S/C17H15N5O/c23-17-18-9-4-10-22(17)21-16-14-8-3-6-12-5-1-2-7-13(12)15(14)19-11-20-16/h1-2,4-5,7,9-11H,3,6,8H2,(H,19,20,21). The van der Waals surface area contributed by atoms with Crippen LogP contribution in [-0.2, 0) is 12.8 Å². The summed E-state index contributed by atoms with van der Waals surface area (Å²) in [5, 5.41) is 0. The Morgan fingerprint density at radius 3 is 2.87 bits per heavy atom. The maximum absolute atomic E-state index is 11.8. The number of fused-ring (bicyclic) bond motifs is 3. The molecule has 23 heavy (non-hydrogen) atoms. The highest BCUT2D eigenvalue weighted by atomic mass is 16.1. The summed E-state index contributed by atoms with van der Waals surface area (Å²) in [6.45, 7) is 0. The molecule has 1 aromatic carbocycles. The van der Waals surface area contributed by atoms with E-state index in [9.17, 15) is 4.79 Å². The van der Waals surface area contributed by atoms with Gasteiger partial charge in [0.05, 0.1) is 5.69 Å². The minimum atomic E-state index is -0.367. The van der Waals surface area contributed by atoms with Crippen LogP contribution in [0.5, 0.6) is 0 Å². The van der Waals surface area contributed by atoms with Gasteiger partial charge in [-0.05, 0) is 30.9 Å². The number of anilines is 1. The average molecular weight is 305 g/mol. The van der Waals surface area contributed by atoms with Gasteiger partial charge >= 0.3 is 5.69 Å². The summed E-state index contributed by atoms with van der Waals surface area (Å²) in [4.78, 5) is 24.4. The number of hydrogen-bond acceptors (Lipinski definition) is 5. The Balaban J connectivity index is 1.83. The Hall–Kier alpha value is -3.02. The van der Waals surface area contributed by atoms with E-state index in [-0.39, 0.29) is 5.69 Å². The third-order valence-electron chi connectivity index (χ3n) is 4.03. The molecule has 0 saturated carbocycles. The van der Waals surface area contributed by atoms with Crippen molar-refractivity contribution in [2.75, 3.05) is 5.43 Å². The summed E-state index contributed by atoms with van der Waals surface area (Å²) < 4.78 is 1.33. The first-order valence-electron chi connectivity index (χ1n) is 7.56. The van der Waals surface area contributed by atoms with E-state index in [4.69, 9.17) is 0 Å². The quantitative estimate of drug-likeness (QED) is 0.784. The second-order valence-electron chi connectivity index (χ2n) is 5.44. The van der Waals surface area contributed by atoms with E-state index in [1.165, 1.54) is 22.8 Å². The van der Waals surface area contributed by atoms with Crippen molar-refractivity contribution in [3.8, 4) is 11.3 Å². The largest absolute Gasteiger partial charge is 0.366 e. The zero-order chi connectivity index (χ0) is 15.6. The Kier molecular flexibility index (Phi) is 3.34. The van der Waals surface area contributed by atoms with E-state index < -0.39 is 0 Å². The molecule has 0 fully saturated rings. The van der Waals surface area contributed by atoms with Gasteiger partial charge in [0.1, 0.15) is 6.33 Å². The number of nitrogens with zero attached hydrogens (tertiary/aromatic N) is 4. The van der Waals surface area contributed by atoms with Gasteiger partial charge in [0.2, 0.25) is 0 Å². The summed E-state index contributed by atoms with van der Waals surface area (Å²) in [7, 11) is 0. The predicted molar refractivity (Wildman–Crippen MR) is 87.0 cm³/mol. The van der Waals surface area contributed by atoms with Crippen LogP contribution in [0.3, 0.4) is 0 Å². The minimum Gasteiger partial charge on any atom is -0.273 e. The molecule has 0 unspecified atom stereocenters. The van der Waals surface area contributed by atoms with Gasteiger partial charge in [0, 0.05) is 23.5 Å². The minimum absolute atomic E-state index is 0.367. The SMILES string of the molecule is O=c1ncccn1Nc1ncnc2c1CCCc1ccccc1-2. The fourth-order valence-electron chi connectivity index (χ4n) is 2.96. The molecule has 0 amide bonds. The molecule has 1 aliphatic carbocycles. The lowest BCUT2D eigenvalue weighted by Crippen LogP contribution is -2.28.